The highest BCUT2D eigenvalue weighted by Gasteiger charge is 2.60. The summed E-state index contributed by atoms with van der Waals surface area (Å²) >= 11 is 0. The zero-order valence-corrected chi connectivity index (χ0v) is 17.7. The summed E-state index contributed by atoms with van der Waals surface area (Å²) in [5, 5.41) is 11.2. The Kier molecular flexibility index (Phi) is 5.53. The van der Waals surface area contributed by atoms with E-state index in [1.165, 1.54) is 7.11 Å². The molecule has 0 aromatic heterocycles. The third-order valence-electron chi connectivity index (χ3n) is 6.73. The number of hydrogen-bond donors (Lipinski definition) is 1. The number of methoxy groups -OCH3 is 1. The monoisotopic (exact) mass is 378 g/mol. The fraction of sp³-hybridized carbons (Fsp3) is 0.762. The second kappa shape index (κ2) is 7.25. The lowest BCUT2D eigenvalue weighted by molar-refractivity contribution is -0.151. The summed E-state index contributed by atoms with van der Waals surface area (Å²) in [7, 11) is -0.271. The van der Waals surface area contributed by atoms with Crippen molar-refractivity contribution in [3.8, 4) is 0 Å². The van der Waals surface area contributed by atoms with Crippen LogP contribution >= 0.6 is 0 Å². The van der Waals surface area contributed by atoms with Crippen molar-refractivity contribution in [3.05, 3.63) is 24.8 Å². The molecule has 0 saturated heterocycles. The van der Waals surface area contributed by atoms with Crippen LogP contribution in [0.5, 0.6) is 0 Å². The average molecular weight is 379 g/mol. The van der Waals surface area contributed by atoms with E-state index in [0.29, 0.717) is 5.92 Å². The first-order chi connectivity index (χ1) is 12.2. The van der Waals surface area contributed by atoms with Crippen LogP contribution in [0, 0.1) is 41.4 Å². The topological polar surface area (TPSA) is 55.8 Å². The Balaban J connectivity index is 1.99. The molecule has 146 valence electrons. The molecule has 0 unspecified atom stereocenters. The molecular formula is C21H34O4Si. The van der Waals surface area contributed by atoms with Crippen LogP contribution < -0.4 is 0 Å². The largest absolute Gasteiger partial charge is 0.469 e. The van der Waals surface area contributed by atoms with Crippen LogP contribution in [0.15, 0.2) is 24.8 Å². The molecule has 0 bridgehead atoms. The maximum absolute atomic E-state index is 12.6. The standard InChI is InChI=1S/C21H34O4Si/c1-7-13-9-11-14-17-15(19(22)18(14)16(13)21(23)24-3)10-8-12(2)20(17)25-26(4,5)6/h7,9,11-20,22H,1,8,10H2,2-6H3/t12-,13+,14+,15-,16+,17+,18+,19-,20+/m1/s1. The van der Waals surface area contributed by atoms with Crippen LogP contribution in [-0.4, -0.2) is 38.7 Å². The Morgan fingerprint density at radius 1 is 1.23 bits per heavy atom. The summed E-state index contributed by atoms with van der Waals surface area (Å²) < 4.78 is 11.7. The van der Waals surface area contributed by atoms with Crippen LogP contribution in [0.2, 0.25) is 19.6 Å². The van der Waals surface area contributed by atoms with Crippen molar-refractivity contribution in [3.63, 3.8) is 0 Å². The van der Waals surface area contributed by atoms with Crippen LogP contribution in [0.3, 0.4) is 0 Å². The van der Waals surface area contributed by atoms with E-state index in [1.54, 1.807) is 0 Å². The lowest BCUT2D eigenvalue weighted by Crippen LogP contribution is -2.47. The van der Waals surface area contributed by atoms with Crippen LogP contribution in [0.25, 0.3) is 0 Å². The molecule has 2 fully saturated rings. The van der Waals surface area contributed by atoms with E-state index >= 15 is 0 Å². The van der Waals surface area contributed by atoms with Crippen molar-refractivity contribution in [2.75, 3.05) is 7.11 Å². The molecule has 26 heavy (non-hydrogen) atoms. The van der Waals surface area contributed by atoms with Gasteiger partial charge < -0.3 is 14.3 Å². The van der Waals surface area contributed by atoms with E-state index in [2.05, 4.69) is 45.3 Å². The normalized spacial score (nSPS) is 44.9. The summed E-state index contributed by atoms with van der Waals surface area (Å²) in [5.74, 6) is 0.354. The number of rotatable bonds is 4. The number of hydrogen-bond acceptors (Lipinski definition) is 4. The molecule has 4 nitrogen and oxygen atoms in total. The molecule has 3 aliphatic rings. The van der Waals surface area contributed by atoms with Crippen molar-refractivity contribution in [1.29, 1.82) is 0 Å². The van der Waals surface area contributed by atoms with Gasteiger partial charge in [-0.15, -0.1) is 6.58 Å². The Labute approximate surface area is 158 Å². The summed E-state index contributed by atoms with van der Waals surface area (Å²) in [6, 6.07) is 0. The van der Waals surface area contributed by atoms with Crippen molar-refractivity contribution in [1.82, 2.24) is 0 Å². The average Bonchev–Trinajstić information content (AvgIpc) is 2.87. The van der Waals surface area contributed by atoms with Gasteiger partial charge in [-0.3, -0.25) is 4.79 Å². The molecule has 3 aliphatic carbocycles. The van der Waals surface area contributed by atoms with Crippen molar-refractivity contribution in [2.45, 2.75) is 51.6 Å². The van der Waals surface area contributed by atoms with E-state index in [-0.39, 0.29) is 47.6 Å². The molecule has 0 spiro atoms. The number of fused-ring (bicyclic) bond motifs is 3. The van der Waals surface area contributed by atoms with E-state index in [0.717, 1.165) is 12.8 Å². The molecule has 2 saturated carbocycles. The van der Waals surface area contributed by atoms with Gasteiger partial charge in [-0.25, -0.2) is 0 Å². The number of ether oxygens (including phenoxy) is 1. The second-order valence-corrected chi connectivity index (χ2v) is 13.8. The zero-order valence-electron chi connectivity index (χ0n) is 16.7. The van der Waals surface area contributed by atoms with Crippen molar-refractivity contribution < 1.29 is 19.1 Å². The van der Waals surface area contributed by atoms with Crippen LogP contribution in [-0.2, 0) is 14.0 Å². The third kappa shape index (κ3) is 3.34. The lowest BCUT2D eigenvalue weighted by Gasteiger charge is -2.44. The third-order valence-corrected chi connectivity index (χ3v) is 7.71. The molecule has 9 atom stereocenters. The highest BCUT2D eigenvalue weighted by Crippen LogP contribution is 2.57. The summed E-state index contributed by atoms with van der Waals surface area (Å²) in [6.45, 7) is 12.9. The Bertz CT molecular complexity index is 581. The molecule has 0 aliphatic heterocycles. The molecule has 0 radical (unpaired) electrons. The number of esters is 1. The number of allylic oxidation sites excluding steroid dienone is 3. The van der Waals surface area contributed by atoms with Crippen molar-refractivity contribution in [2.24, 2.45) is 41.4 Å². The molecule has 0 aromatic rings. The molecular weight excluding hydrogens is 344 g/mol. The summed E-state index contributed by atoms with van der Waals surface area (Å²) in [4.78, 5) is 12.6. The maximum Gasteiger partial charge on any atom is 0.309 e. The first kappa shape index (κ1) is 19.8. The van der Waals surface area contributed by atoms with Crippen LogP contribution in [0.4, 0.5) is 0 Å². The van der Waals surface area contributed by atoms with E-state index < -0.39 is 14.4 Å². The minimum absolute atomic E-state index is 0.0766. The van der Waals surface area contributed by atoms with Gasteiger partial charge in [-0.05, 0) is 56.2 Å². The Morgan fingerprint density at radius 2 is 1.92 bits per heavy atom. The number of carbonyl (C=O) groups excluding carboxylic acids is 1. The van der Waals surface area contributed by atoms with E-state index in [4.69, 9.17) is 9.16 Å². The van der Waals surface area contributed by atoms with Gasteiger partial charge in [0.25, 0.3) is 0 Å². The highest BCUT2D eigenvalue weighted by molar-refractivity contribution is 6.69. The fourth-order valence-electron chi connectivity index (χ4n) is 5.73. The predicted octanol–water partition coefficient (Wildman–Crippen LogP) is 3.64. The van der Waals surface area contributed by atoms with Gasteiger partial charge in [-0.2, -0.15) is 0 Å². The molecule has 5 heteroatoms. The fourth-order valence-corrected chi connectivity index (χ4v) is 6.93. The SMILES string of the molecule is C=C[C@H]1C=C[C@H]2[C@H]3[C@@H](CC[C@@H](C)[C@@H]3O[Si](C)(C)C)[C@@H](O)[C@@H]2[C@H]1C(=O)OC. The second-order valence-electron chi connectivity index (χ2n) is 9.38. The first-order valence-electron chi connectivity index (χ1n) is 9.94. The molecule has 0 heterocycles. The summed E-state index contributed by atoms with van der Waals surface area (Å²) in [5.41, 5.74) is 0. The summed E-state index contributed by atoms with van der Waals surface area (Å²) in [6.07, 6.45) is 7.88. The van der Waals surface area contributed by atoms with Gasteiger partial charge in [0.05, 0.1) is 25.2 Å². The minimum atomic E-state index is -1.70. The van der Waals surface area contributed by atoms with Gasteiger partial charge in [0.1, 0.15) is 0 Å². The smallest absolute Gasteiger partial charge is 0.309 e. The van der Waals surface area contributed by atoms with Gasteiger partial charge >= 0.3 is 5.97 Å². The van der Waals surface area contributed by atoms with Gasteiger partial charge in [0.15, 0.2) is 8.32 Å². The molecule has 0 amide bonds. The van der Waals surface area contributed by atoms with Crippen molar-refractivity contribution >= 4 is 14.3 Å². The Hall–Kier alpha value is -0.913. The highest BCUT2D eigenvalue weighted by atomic mass is 28.4. The van der Waals surface area contributed by atoms with E-state index in [9.17, 15) is 9.90 Å². The zero-order chi connectivity index (χ0) is 19.2. The quantitative estimate of drug-likeness (QED) is 0.461. The molecule has 3 rings (SSSR count). The van der Waals surface area contributed by atoms with E-state index in [1.807, 2.05) is 6.08 Å². The number of aliphatic hydroxyl groups is 1. The predicted molar refractivity (Wildman–Crippen MR) is 105 cm³/mol. The van der Waals surface area contributed by atoms with Crippen LogP contribution in [0.1, 0.15) is 19.8 Å². The number of aliphatic hydroxyl groups excluding tert-OH is 1. The molecule has 0 aromatic carbocycles. The molecule has 1 N–H and O–H groups in total. The minimum Gasteiger partial charge on any atom is -0.469 e. The van der Waals surface area contributed by atoms with Gasteiger partial charge in [0.2, 0.25) is 0 Å². The van der Waals surface area contributed by atoms with Gasteiger partial charge in [0, 0.05) is 11.8 Å². The van der Waals surface area contributed by atoms with Gasteiger partial charge in [-0.1, -0.05) is 25.2 Å². The first-order valence-corrected chi connectivity index (χ1v) is 13.3. The lowest BCUT2D eigenvalue weighted by atomic mass is 9.67. The Morgan fingerprint density at radius 3 is 2.50 bits per heavy atom. The maximum atomic E-state index is 12.6. The number of carbonyl (C=O) groups is 1.